The number of hydrogen-bond acceptors (Lipinski definition) is 4. The number of carbonyl (C=O) groups is 1. The molecule has 116 valence electrons. The van der Waals surface area contributed by atoms with Crippen molar-refractivity contribution in [2.75, 3.05) is 31.5 Å². The number of aryl methyl sites for hydroxylation is 1. The quantitative estimate of drug-likeness (QED) is 0.885. The predicted octanol–water partition coefficient (Wildman–Crippen LogP) is 1.62. The van der Waals surface area contributed by atoms with Gasteiger partial charge in [0, 0.05) is 32.4 Å². The first kappa shape index (κ1) is 15.7. The van der Waals surface area contributed by atoms with Gasteiger partial charge in [-0.3, -0.25) is 10.2 Å². The van der Waals surface area contributed by atoms with Crippen LogP contribution in [0, 0.1) is 6.92 Å². The van der Waals surface area contributed by atoms with Gasteiger partial charge in [-0.1, -0.05) is 6.07 Å². The first-order chi connectivity index (χ1) is 10.0. The summed E-state index contributed by atoms with van der Waals surface area (Å²) in [7, 11) is 0. The van der Waals surface area contributed by atoms with Crippen LogP contribution in [0.15, 0.2) is 18.3 Å². The fourth-order valence-corrected chi connectivity index (χ4v) is 2.56. The molecule has 21 heavy (non-hydrogen) atoms. The van der Waals surface area contributed by atoms with Crippen LogP contribution < -0.4 is 10.6 Å². The number of rotatable bonds is 4. The Morgan fingerprint density at radius 3 is 2.81 bits per heavy atom. The van der Waals surface area contributed by atoms with E-state index >= 15 is 0 Å². The second kappa shape index (κ2) is 7.38. The molecule has 0 unspecified atom stereocenters. The molecule has 0 aliphatic carbocycles. The van der Waals surface area contributed by atoms with Crippen molar-refractivity contribution in [3.05, 3.63) is 23.9 Å². The predicted molar refractivity (Wildman–Crippen MR) is 82.4 cm³/mol. The van der Waals surface area contributed by atoms with Crippen LogP contribution in [0.2, 0.25) is 0 Å². The van der Waals surface area contributed by atoms with Crippen LogP contribution in [0.4, 0.5) is 10.6 Å². The van der Waals surface area contributed by atoms with Crippen LogP contribution in [0.5, 0.6) is 0 Å². The third-order valence-electron chi connectivity index (χ3n) is 3.45. The van der Waals surface area contributed by atoms with E-state index in [1.165, 1.54) is 0 Å². The Morgan fingerprint density at radius 2 is 2.14 bits per heavy atom. The van der Waals surface area contributed by atoms with E-state index in [0.29, 0.717) is 12.4 Å². The van der Waals surface area contributed by atoms with Crippen molar-refractivity contribution in [3.63, 3.8) is 0 Å². The molecule has 1 aliphatic heterocycles. The molecule has 6 nitrogen and oxygen atoms in total. The van der Waals surface area contributed by atoms with Crippen molar-refractivity contribution in [2.45, 2.75) is 33.0 Å². The van der Waals surface area contributed by atoms with E-state index in [4.69, 9.17) is 4.74 Å². The second-order valence-electron chi connectivity index (χ2n) is 5.57. The molecule has 1 aromatic heterocycles. The minimum Gasteiger partial charge on any atom is -0.373 e. The number of urea groups is 1. The second-order valence-corrected chi connectivity index (χ2v) is 5.57. The van der Waals surface area contributed by atoms with Crippen molar-refractivity contribution >= 4 is 11.8 Å². The van der Waals surface area contributed by atoms with Crippen LogP contribution >= 0.6 is 0 Å². The normalized spacial score (nSPS) is 22.8. The highest BCUT2D eigenvalue weighted by Crippen LogP contribution is 2.10. The number of morpholine rings is 1. The summed E-state index contributed by atoms with van der Waals surface area (Å²) in [4.78, 5) is 18.3. The number of hydrogen-bond donors (Lipinski definition) is 2. The van der Waals surface area contributed by atoms with Gasteiger partial charge in [0.15, 0.2) is 0 Å². The summed E-state index contributed by atoms with van der Waals surface area (Å²) in [5.74, 6) is 0.601. The standard InChI is InChI=1S/C15H24N4O2/c1-11-5-4-6-16-14(11)18-15(20)17-7-8-19-9-12(2)21-13(3)10-19/h4-6,12-13H,7-10H2,1-3H3,(H2,16,17,18,20)/t12-,13-/m1/s1. The lowest BCUT2D eigenvalue weighted by molar-refractivity contribution is -0.0672. The zero-order valence-electron chi connectivity index (χ0n) is 12.9. The van der Waals surface area contributed by atoms with Crippen LogP contribution in [-0.4, -0.2) is 54.3 Å². The summed E-state index contributed by atoms with van der Waals surface area (Å²) >= 11 is 0. The van der Waals surface area contributed by atoms with Gasteiger partial charge >= 0.3 is 6.03 Å². The molecule has 2 amide bonds. The highest BCUT2D eigenvalue weighted by molar-refractivity contribution is 5.88. The lowest BCUT2D eigenvalue weighted by Gasteiger charge is -2.35. The van der Waals surface area contributed by atoms with Gasteiger partial charge in [-0.2, -0.15) is 0 Å². The number of nitrogens with zero attached hydrogens (tertiary/aromatic N) is 2. The van der Waals surface area contributed by atoms with E-state index in [-0.39, 0.29) is 18.2 Å². The molecule has 2 N–H and O–H groups in total. The number of ether oxygens (including phenoxy) is 1. The van der Waals surface area contributed by atoms with Gasteiger partial charge in [-0.05, 0) is 32.4 Å². The average molecular weight is 292 g/mol. The molecule has 0 bridgehead atoms. The molecular weight excluding hydrogens is 268 g/mol. The highest BCUT2D eigenvalue weighted by Gasteiger charge is 2.21. The molecule has 0 saturated carbocycles. The number of anilines is 1. The minimum atomic E-state index is -0.217. The van der Waals surface area contributed by atoms with Gasteiger partial charge in [0.05, 0.1) is 12.2 Å². The van der Waals surface area contributed by atoms with Crippen LogP contribution in [0.1, 0.15) is 19.4 Å². The van der Waals surface area contributed by atoms with E-state index in [2.05, 4.69) is 34.4 Å². The molecule has 2 atom stereocenters. The summed E-state index contributed by atoms with van der Waals surface area (Å²) in [6.07, 6.45) is 2.16. The zero-order valence-corrected chi connectivity index (χ0v) is 12.9. The third kappa shape index (κ3) is 4.99. The molecule has 2 heterocycles. The molecule has 1 saturated heterocycles. The van der Waals surface area contributed by atoms with E-state index in [0.717, 1.165) is 25.2 Å². The number of aromatic nitrogens is 1. The molecular formula is C15H24N4O2. The fourth-order valence-electron chi connectivity index (χ4n) is 2.56. The van der Waals surface area contributed by atoms with E-state index in [9.17, 15) is 4.79 Å². The monoisotopic (exact) mass is 292 g/mol. The lowest BCUT2D eigenvalue weighted by atomic mass is 10.2. The largest absolute Gasteiger partial charge is 0.373 e. The Balaban J connectivity index is 1.71. The van der Waals surface area contributed by atoms with Crippen LogP contribution in [-0.2, 0) is 4.74 Å². The zero-order chi connectivity index (χ0) is 15.2. The number of pyridine rings is 1. The number of amides is 2. The molecule has 0 radical (unpaired) electrons. The van der Waals surface area contributed by atoms with Gasteiger partial charge in [-0.25, -0.2) is 9.78 Å². The van der Waals surface area contributed by atoms with Crippen molar-refractivity contribution in [3.8, 4) is 0 Å². The Morgan fingerprint density at radius 1 is 1.43 bits per heavy atom. The van der Waals surface area contributed by atoms with Crippen LogP contribution in [0.3, 0.4) is 0 Å². The Labute approximate surface area is 125 Å². The number of carbonyl (C=O) groups excluding carboxylic acids is 1. The van der Waals surface area contributed by atoms with Crippen LogP contribution in [0.25, 0.3) is 0 Å². The molecule has 0 spiro atoms. The molecule has 1 fully saturated rings. The first-order valence-corrected chi connectivity index (χ1v) is 7.39. The minimum absolute atomic E-state index is 0.217. The van der Waals surface area contributed by atoms with Gasteiger partial charge < -0.3 is 10.1 Å². The van der Waals surface area contributed by atoms with E-state index in [1.54, 1.807) is 6.20 Å². The highest BCUT2D eigenvalue weighted by atomic mass is 16.5. The molecule has 1 aromatic rings. The Hall–Kier alpha value is -1.66. The van der Waals surface area contributed by atoms with Crippen molar-refractivity contribution in [1.29, 1.82) is 0 Å². The summed E-state index contributed by atoms with van der Waals surface area (Å²) in [5.41, 5.74) is 0.948. The lowest BCUT2D eigenvalue weighted by Crippen LogP contribution is -2.48. The van der Waals surface area contributed by atoms with Gasteiger partial charge in [-0.15, -0.1) is 0 Å². The van der Waals surface area contributed by atoms with Gasteiger partial charge in [0.1, 0.15) is 5.82 Å². The molecule has 6 heteroatoms. The smallest absolute Gasteiger partial charge is 0.320 e. The summed E-state index contributed by atoms with van der Waals surface area (Å²) < 4.78 is 5.69. The first-order valence-electron chi connectivity index (χ1n) is 7.39. The van der Waals surface area contributed by atoms with Gasteiger partial charge in [0.25, 0.3) is 0 Å². The van der Waals surface area contributed by atoms with E-state index in [1.807, 2.05) is 19.1 Å². The Kier molecular flexibility index (Phi) is 5.52. The SMILES string of the molecule is Cc1cccnc1NC(=O)NCCN1C[C@@H](C)O[C@H](C)C1. The molecule has 2 rings (SSSR count). The summed E-state index contributed by atoms with van der Waals surface area (Å²) in [6.45, 7) is 9.32. The molecule has 0 aromatic carbocycles. The third-order valence-corrected chi connectivity index (χ3v) is 3.45. The van der Waals surface area contributed by atoms with Crippen molar-refractivity contribution in [1.82, 2.24) is 15.2 Å². The molecule has 1 aliphatic rings. The van der Waals surface area contributed by atoms with Crippen molar-refractivity contribution in [2.24, 2.45) is 0 Å². The fraction of sp³-hybridized carbons (Fsp3) is 0.600. The summed E-state index contributed by atoms with van der Waals surface area (Å²) in [6, 6.07) is 3.55. The topological polar surface area (TPSA) is 66.5 Å². The maximum Gasteiger partial charge on any atom is 0.320 e. The number of nitrogens with one attached hydrogen (secondary N) is 2. The maximum absolute atomic E-state index is 11.8. The van der Waals surface area contributed by atoms with Crippen molar-refractivity contribution < 1.29 is 9.53 Å². The average Bonchev–Trinajstić information content (AvgIpc) is 2.40. The van der Waals surface area contributed by atoms with E-state index < -0.39 is 0 Å². The summed E-state index contributed by atoms with van der Waals surface area (Å²) in [5, 5.41) is 5.62. The Bertz CT molecular complexity index is 470. The maximum atomic E-state index is 11.8. The van der Waals surface area contributed by atoms with Gasteiger partial charge in [0.2, 0.25) is 0 Å².